The Morgan fingerprint density at radius 3 is 3.07 bits per heavy atom. The van der Waals surface area contributed by atoms with E-state index in [1.165, 1.54) is 6.20 Å². The maximum Gasteiger partial charge on any atom is 0.354 e. The average Bonchev–Trinajstić information content (AvgIpc) is 2.18. The lowest BCUT2D eigenvalue weighted by molar-refractivity contribution is 0.0690. The standard InChI is InChI=1S/C10H14N2O2S/c1-7(6-15-2)12-8-3-4-11-9(5-8)10(13)14/h3-5,7H,6H2,1-2H3,(H,11,12)(H,13,14). The molecule has 0 radical (unpaired) electrons. The van der Waals surface area contributed by atoms with E-state index in [1.807, 2.05) is 6.26 Å². The van der Waals surface area contributed by atoms with Crippen LogP contribution in [0.2, 0.25) is 0 Å². The fraction of sp³-hybridized carbons (Fsp3) is 0.400. The molecule has 0 amide bonds. The molecule has 0 aliphatic rings. The van der Waals surface area contributed by atoms with E-state index in [0.29, 0.717) is 6.04 Å². The summed E-state index contributed by atoms with van der Waals surface area (Å²) in [6.45, 7) is 2.05. The third-order valence-corrected chi connectivity index (χ3v) is 2.64. The van der Waals surface area contributed by atoms with Crippen molar-refractivity contribution in [2.75, 3.05) is 17.3 Å². The first-order valence-corrected chi connectivity index (χ1v) is 5.97. The molecule has 1 unspecified atom stereocenters. The van der Waals surface area contributed by atoms with Crippen LogP contribution in [0.25, 0.3) is 0 Å². The van der Waals surface area contributed by atoms with Crippen LogP contribution in [-0.2, 0) is 0 Å². The number of thioether (sulfide) groups is 1. The zero-order valence-electron chi connectivity index (χ0n) is 8.73. The second kappa shape index (κ2) is 5.60. The third-order valence-electron chi connectivity index (χ3n) is 1.81. The zero-order valence-corrected chi connectivity index (χ0v) is 9.54. The van der Waals surface area contributed by atoms with Crippen molar-refractivity contribution in [3.05, 3.63) is 24.0 Å². The first-order valence-electron chi connectivity index (χ1n) is 4.58. The third kappa shape index (κ3) is 3.79. The summed E-state index contributed by atoms with van der Waals surface area (Å²) in [7, 11) is 0. The molecule has 0 saturated heterocycles. The van der Waals surface area contributed by atoms with Gasteiger partial charge in [-0.3, -0.25) is 0 Å². The Morgan fingerprint density at radius 2 is 2.47 bits per heavy atom. The average molecular weight is 226 g/mol. The Hall–Kier alpha value is -1.23. The lowest BCUT2D eigenvalue weighted by Gasteiger charge is -2.13. The maximum atomic E-state index is 10.7. The van der Waals surface area contributed by atoms with Gasteiger partial charge in [0.15, 0.2) is 0 Å². The van der Waals surface area contributed by atoms with E-state index in [-0.39, 0.29) is 5.69 Å². The summed E-state index contributed by atoms with van der Waals surface area (Å²) in [6, 6.07) is 3.62. The highest BCUT2D eigenvalue weighted by Gasteiger charge is 2.06. The molecule has 15 heavy (non-hydrogen) atoms. The first-order chi connectivity index (χ1) is 7.13. The Morgan fingerprint density at radius 1 is 1.73 bits per heavy atom. The highest BCUT2D eigenvalue weighted by Crippen LogP contribution is 2.11. The molecule has 2 N–H and O–H groups in total. The number of aromatic carboxylic acids is 1. The normalized spacial score (nSPS) is 12.1. The van der Waals surface area contributed by atoms with Gasteiger partial charge in [-0.25, -0.2) is 9.78 Å². The second-order valence-corrected chi connectivity index (χ2v) is 4.15. The molecule has 4 nitrogen and oxygen atoms in total. The molecule has 0 aliphatic carbocycles. The van der Waals surface area contributed by atoms with Gasteiger partial charge in [-0.1, -0.05) is 0 Å². The molecule has 1 aromatic rings. The predicted octanol–water partition coefficient (Wildman–Crippen LogP) is 1.94. The second-order valence-electron chi connectivity index (χ2n) is 3.24. The number of nitrogens with one attached hydrogen (secondary N) is 1. The summed E-state index contributed by atoms with van der Waals surface area (Å²) < 4.78 is 0. The molecule has 1 heterocycles. The predicted molar refractivity (Wildman–Crippen MR) is 62.7 cm³/mol. The number of pyridine rings is 1. The van der Waals surface area contributed by atoms with Crippen molar-refractivity contribution in [2.45, 2.75) is 13.0 Å². The molecule has 0 bridgehead atoms. The van der Waals surface area contributed by atoms with Crippen molar-refractivity contribution >= 4 is 23.4 Å². The van der Waals surface area contributed by atoms with Crippen molar-refractivity contribution in [1.29, 1.82) is 0 Å². The highest BCUT2D eigenvalue weighted by atomic mass is 32.2. The van der Waals surface area contributed by atoms with Crippen LogP contribution in [-0.4, -0.2) is 34.1 Å². The molecule has 0 saturated carbocycles. The minimum atomic E-state index is -1.00. The Bertz CT molecular complexity index is 344. The quantitative estimate of drug-likeness (QED) is 0.803. The number of carboxylic acids is 1. The van der Waals surface area contributed by atoms with Gasteiger partial charge in [-0.05, 0) is 25.3 Å². The Labute approximate surface area is 93.1 Å². The summed E-state index contributed by atoms with van der Waals surface area (Å²) in [5.74, 6) is -0.0266. The fourth-order valence-electron chi connectivity index (χ4n) is 1.21. The van der Waals surface area contributed by atoms with E-state index < -0.39 is 5.97 Å². The van der Waals surface area contributed by atoms with Crippen LogP contribution in [0.4, 0.5) is 5.69 Å². The van der Waals surface area contributed by atoms with E-state index in [1.54, 1.807) is 23.9 Å². The molecule has 0 aromatic carbocycles. The molecule has 5 heteroatoms. The molecule has 1 atom stereocenters. The van der Waals surface area contributed by atoms with Crippen molar-refractivity contribution in [2.24, 2.45) is 0 Å². The SMILES string of the molecule is CSCC(C)Nc1ccnc(C(=O)O)c1. The van der Waals surface area contributed by atoms with Gasteiger partial charge in [0.2, 0.25) is 0 Å². The summed E-state index contributed by atoms with van der Waals surface area (Å²) in [4.78, 5) is 14.4. The number of nitrogens with zero attached hydrogens (tertiary/aromatic N) is 1. The van der Waals surface area contributed by atoms with E-state index in [9.17, 15) is 4.79 Å². The van der Waals surface area contributed by atoms with Crippen LogP contribution >= 0.6 is 11.8 Å². The molecular weight excluding hydrogens is 212 g/mol. The summed E-state index contributed by atoms with van der Waals surface area (Å²) >= 11 is 1.75. The number of hydrogen-bond donors (Lipinski definition) is 2. The number of anilines is 1. The van der Waals surface area contributed by atoms with E-state index in [4.69, 9.17) is 5.11 Å². The van der Waals surface area contributed by atoms with E-state index in [2.05, 4.69) is 17.2 Å². The van der Waals surface area contributed by atoms with Crippen LogP contribution in [0, 0.1) is 0 Å². The van der Waals surface area contributed by atoms with Crippen molar-refractivity contribution < 1.29 is 9.90 Å². The monoisotopic (exact) mass is 226 g/mol. The zero-order chi connectivity index (χ0) is 11.3. The number of aromatic nitrogens is 1. The molecular formula is C10H14N2O2S. The van der Waals surface area contributed by atoms with Crippen molar-refractivity contribution in [3.8, 4) is 0 Å². The topological polar surface area (TPSA) is 62.2 Å². The van der Waals surface area contributed by atoms with Gasteiger partial charge in [-0.2, -0.15) is 11.8 Å². The highest BCUT2D eigenvalue weighted by molar-refractivity contribution is 7.98. The smallest absolute Gasteiger partial charge is 0.354 e. The number of carboxylic acid groups (broad SMARTS) is 1. The van der Waals surface area contributed by atoms with Crippen LogP contribution < -0.4 is 5.32 Å². The van der Waals surface area contributed by atoms with Crippen LogP contribution in [0.15, 0.2) is 18.3 Å². The largest absolute Gasteiger partial charge is 0.477 e. The van der Waals surface area contributed by atoms with Gasteiger partial charge in [0.25, 0.3) is 0 Å². The maximum absolute atomic E-state index is 10.7. The molecule has 0 aliphatic heterocycles. The summed E-state index contributed by atoms with van der Waals surface area (Å²) in [5, 5.41) is 12.0. The number of carbonyl (C=O) groups is 1. The summed E-state index contributed by atoms with van der Waals surface area (Å²) in [5.41, 5.74) is 0.861. The van der Waals surface area contributed by atoms with Gasteiger partial charge < -0.3 is 10.4 Å². The molecule has 0 spiro atoms. The van der Waals surface area contributed by atoms with Crippen LogP contribution in [0.5, 0.6) is 0 Å². The Kier molecular flexibility index (Phi) is 4.42. The minimum absolute atomic E-state index is 0.0661. The van der Waals surface area contributed by atoms with Crippen molar-refractivity contribution in [3.63, 3.8) is 0 Å². The van der Waals surface area contributed by atoms with Gasteiger partial charge in [0.05, 0.1) is 0 Å². The summed E-state index contributed by atoms with van der Waals surface area (Å²) in [6.07, 6.45) is 3.53. The fourth-order valence-corrected chi connectivity index (χ4v) is 1.80. The van der Waals surface area contributed by atoms with Crippen molar-refractivity contribution in [1.82, 2.24) is 4.98 Å². The number of hydrogen-bond acceptors (Lipinski definition) is 4. The van der Waals surface area contributed by atoms with Gasteiger partial charge in [-0.15, -0.1) is 0 Å². The van der Waals surface area contributed by atoms with Gasteiger partial charge in [0.1, 0.15) is 5.69 Å². The lowest BCUT2D eigenvalue weighted by Crippen LogP contribution is -2.18. The van der Waals surface area contributed by atoms with Crippen LogP contribution in [0.1, 0.15) is 17.4 Å². The Balaban J connectivity index is 2.69. The first kappa shape index (κ1) is 11.8. The lowest BCUT2D eigenvalue weighted by atomic mass is 10.3. The van der Waals surface area contributed by atoms with Crippen LogP contribution in [0.3, 0.4) is 0 Å². The molecule has 0 fully saturated rings. The molecule has 1 aromatic heterocycles. The molecule has 82 valence electrons. The minimum Gasteiger partial charge on any atom is -0.477 e. The van der Waals surface area contributed by atoms with Gasteiger partial charge in [0, 0.05) is 23.7 Å². The van der Waals surface area contributed by atoms with E-state index >= 15 is 0 Å². The molecule has 1 rings (SSSR count). The van der Waals surface area contributed by atoms with Gasteiger partial charge >= 0.3 is 5.97 Å². The number of rotatable bonds is 5. The van der Waals surface area contributed by atoms with E-state index in [0.717, 1.165) is 11.4 Å².